The largest absolute Gasteiger partial charge is 0.497 e. The molecule has 250 valence electrons. The van der Waals surface area contributed by atoms with Gasteiger partial charge in [-0.1, -0.05) is 0 Å². The minimum Gasteiger partial charge on any atom is -0.497 e. The lowest BCUT2D eigenvalue weighted by Gasteiger charge is -2.17. The topological polar surface area (TPSA) is 106 Å². The predicted molar refractivity (Wildman–Crippen MR) is 151 cm³/mol. The van der Waals surface area contributed by atoms with Gasteiger partial charge in [0.1, 0.15) is 40.2 Å². The fourth-order valence-corrected chi connectivity index (χ4v) is 4.89. The first-order chi connectivity index (χ1) is 22.3. The molecule has 1 fully saturated rings. The van der Waals surface area contributed by atoms with E-state index in [1.54, 1.807) is 0 Å². The second-order valence-corrected chi connectivity index (χ2v) is 10.2. The average molecular weight is 671 g/mol. The number of alkyl halides is 5. The molecule has 1 atom stereocenters. The molecule has 4 aromatic rings. The Hall–Kier alpha value is -5.06. The van der Waals surface area contributed by atoms with E-state index < -0.39 is 64.3 Å². The van der Waals surface area contributed by atoms with Gasteiger partial charge in [0.05, 0.1) is 25.9 Å². The van der Waals surface area contributed by atoms with Gasteiger partial charge in [0.15, 0.2) is 11.6 Å². The molecule has 1 unspecified atom stereocenters. The number of halogens is 7. The first kappa shape index (κ1) is 33.3. The fourth-order valence-electron chi connectivity index (χ4n) is 4.89. The molecule has 0 saturated carbocycles. The molecule has 2 aromatic heterocycles. The van der Waals surface area contributed by atoms with Gasteiger partial charge in [0, 0.05) is 37.3 Å². The summed E-state index contributed by atoms with van der Waals surface area (Å²) in [5.41, 5.74) is -5.00. The van der Waals surface area contributed by atoms with Crippen molar-refractivity contribution in [1.82, 2.24) is 14.3 Å². The van der Waals surface area contributed by atoms with Gasteiger partial charge in [-0.2, -0.15) is 26.6 Å². The average Bonchev–Trinajstić information content (AvgIpc) is 3.61. The Morgan fingerprint density at radius 3 is 2.34 bits per heavy atom. The van der Waals surface area contributed by atoms with E-state index in [1.165, 1.54) is 0 Å². The Bertz CT molecular complexity index is 1810. The van der Waals surface area contributed by atoms with Crippen molar-refractivity contribution < 1.29 is 54.5 Å². The van der Waals surface area contributed by atoms with Crippen LogP contribution in [-0.4, -0.2) is 53.8 Å². The number of anilines is 1. The van der Waals surface area contributed by atoms with E-state index in [9.17, 15) is 31.5 Å². The summed E-state index contributed by atoms with van der Waals surface area (Å²) in [5.74, 6) is -5.10. The van der Waals surface area contributed by atoms with Gasteiger partial charge in [-0.15, -0.1) is 0 Å². The van der Waals surface area contributed by atoms with Crippen LogP contribution in [0.4, 0.5) is 36.4 Å². The number of pyridine rings is 1. The molecule has 0 bridgehead atoms. The molecule has 2 aromatic carbocycles. The van der Waals surface area contributed by atoms with Crippen LogP contribution in [0.25, 0.3) is 17.1 Å². The lowest BCUT2D eigenvalue weighted by molar-refractivity contribution is -0.141. The number of aromatic nitrogens is 3. The molecule has 0 aliphatic carbocycles. The lowest BCUT2D eigenvalue weighted by atomic mass is 10.1. The van der Waals surface area contributed by atoms with Gasteiger partial charge in [-0.3, -0.25) is 14.3 Å². The van der Waals surface area contributed by atoms with Crippen molar-refractivity contribution in [3.05, 3.63) is 81.8 Å². The van der Waals surface area contributed by atoms with Crippen LogP contribution in [0.2, 0.25) is 0 Å². The zero-order chi connectivity index (χ0) is 34.0. The first-order valence-corrected chi connectivity index (χ1v) is 13.8. The van der Waals surface area contributed by atoms with Crippen molar-refractivity contribution in [1.29, 1.82) is 0 Å². The van der Waals surface area contributed by atoms with Gasteiger partial charge < -0.3 is 24.3 Å². The molecule has 1 amide bonds. The summed E-state index contributed by atoms with van der Waals surface area (Å²) < 4.78 is 119. The molecule has 1 aliphatic rings. The third-order valence-electron chi connectivity index (χ3n) is 7.16. The Morgan fingerprint density at radius 2 is 1.77 bits per heavy atom. The molecule has 3 heterocycles. The Balaban J connectivity index is 1.68. The number of nitrogens with one attached hydrogen (secondary N) is 1. The van der Waals surface area contributed by atoms with Gasteiger partial charge in [0.25, 0.3) is 11.5 Å². The van der Waals surface area contributed by atoms with Gasteiger partial charge in [-0.05, 0) is 42.8 Å². The van der Waals surface area contributed by atoms with Crippen LogP contribution in [0.5, 0.6) is 17.2 Å². The summed E-state index contributed by atoms with van der Waals surface area (Å²) in [6.45, 7) is -2.36. The number of nitrogens with zero attached hydrogens (tertiary/aromatic N) is 3. The van der Waals surface area contributed by atoms with Crippen LogP contribution < -0.4 is 25.1 Å². The van der Waals surface area contributed by atoms with E-state index in [0.717, 1.165) is 61.3 Å². The second-order valence-electron chi connectivity index (χ2n) is 10.2. The van der Waals surface area contributed by atoms with E-state index in [4.69, 9.17) is 14.2 Å². The molecule has 5 rings (SSSR count). The van der Waals surface area contributed by atoms with Crippen molar-refractivity contribution in [3.63, 3.8) is 0 Å². The number of amides is 1. The van der Waals surface area contributed by atoms with Crippen molar-refractivity contribution in [2.24, 2.45) is 13.0 Å². The van der Waals surface area contributed by atoms with E-state index in [1.807, 2.05) is 0 Å². The molecule has 1 aliphatic heterocycles. The summed E-state index contributed by atoms with van der Waals surface area (Å²) in [5, 5.41) is 2.25. The molecular formula is C30H25F7N4O6. The standard InChI is InChI=1S/C30H25F7N4O6/c1-40-25(23-19(31)11-18(44-2)12-20(23)32)24(39-27(42)16-3-5-17(6-4-16)47-29(33)34)28(43)41(40)26-21(46-14-15-9-10-45-13-15)7-8-22(38-26)30(35,36)37/h3-8,11-12,15,29H,9-10,13-14H2,1-2H3,(H,39,42). The number of carbonyl (C=O) groups excluding carboxylic acids is 1. The maximum absolute atomic E-state index is 15.5. The number of hydrogen-bond acceptors (Lipinski definition) is 7. The number of benzene rings is 2. The highest BCUT2D eigenvalue weighted by atomic mass is 19.4. The highest BCUT2D eigenvalue weighted by Crippen LogP contribution is 2.36. The number of ether oxygens (including phenoxy) is 4. The zero-order valence-corrected chi connectivity index (χ0v) is 24.5. The SMILES string of the molecule is COc1cc(F)c(-c2c(NC(=O)c3ccc(OC(F)F)cc3)c(=O)n(-c3nc(C(F)(F)F)ccc3OCC3CCOC3)n2C)c(F)c1. The second kappa shape index (κ2) is 13.4. The summed E-state index contributed by atoms with van der Waals surface area (Å²) in [7, 11) is 2.27. The van der Waals surface area contributed by atoms with Gasteiger partial charge in [0.2, 0.25) is 0 Å². The summed E-state index contributed by atoms with van der Waals surface area (Å²) in [6, 6.07) is 7.44. The van der Waals surface area contributed by atoms with Crippen molar-refractivity contribution in [3.8, 4) is 34.3 Å². The maximum Gasteiger partial charge on any atom is 0.433 e. The Kier molecular flexibility index (Phi) is 9.46. The monoisotopic (exact) mass is 670 g/mol. The maximum atomic E-state index is 15.5. The molecule has 0 radical (unpaired) electrons. The molecule has 47 heavy (non-hydrogen) atoms. The third kappa shape index (κ3) is 7.03. The van der Waals surface area contributed by atoms with E-state index in [-0.39, 0.29) is 35.3 Å². The molecular weight excluding hydrogens is 645 g/mol. The highest BCUT2D eigenvalue weighted by molar-refractivity contribution is 6.06. The molecule has 1 N–H and O–H groups in total. The van der Waals surface area contributed by atoms with Gasteiger partial charge in [-0.25, -0.2) is 13.8 Å². The Labute approximate surface area is 261 Å². The van der Waals surface area contributed by atoms with Crippen molar-refractivity contribution >= 4 is 11.6 Å². The lowest BCUT2D eigenvalue weighted by Crippen LogP contribution is -2.25. The zero-order valence-electron chi connectivity index (χ0n) is 24.5. The molecule has 17 heteroatoms. The number of methoxy groups -OCH3 is 1. The normalized spacial score (nSPS) is 14.8. The Morgan fingerprint density at radius 1 is 1.09 bits per heavy atom. The van der Waals surface area contributed by atoms with Crippen LogP contribution in [0, 0.1) is 17.6 Å². The highest BCUT2D eigenvalue weighted by Gasteiger charge is 2.35. The number of rotatable bonds is 10. The van der Waals surface area contributed by atoms with Crippen LogP contribution in [0.3, 0.4) is 0 Å². The molecule has 1 saturated heterocycles. The predicted octanol–water partition coefficient (Wildman–Crippen LogP) is 5.81. The first-order valence-electron chi connectivity index (χ1n) is 13.8. The van der Waals surface area contributed by atoms with Crippen LogP contribution in [0.15, 0.2) is 53.3 Å². The van der Waals surface area contributed by atoms with E-state index >= 15 is 8.78 Å². The summed E-state index contributed by atoms with van der Waals surface area (Å²) in [4.78, 5) is 30.9. The molecule has 10 nitrogen and oxygen atoms in total. The quantitative estimate of drug-likeness (QED) is 0.212. The van der Waals surface area contributed by atoms with Crippen LogP contribution >= 0.6 is 0 Å². The number of carbonyl (C=O) groups is 1. The third-order valence-corrected chi connectivity index (χ3v) is 7.16. The number of hydrogen-bond donors (Lipinski definition) is 1. The molecule has 0 spiro atoms. The minimum absolute atomic E-state index is 0.0112. The van der Waals surface area contributed by atoms with Crippen molar-refractivity contribution in [2.75, 3.05) is 32.2 Å². The summed E-state index contributed by atoms with van der Waals surface area (Å²) in [6.07, 6.45) is -4.35. The fraction of sp³-hybridized carbons (Fsp3) is 0.300. The minimum atomic E-state index is -4.96. The smallest absolute Gasteiger partial charge is 0.433 e. The van der Waals surface area contributed by atoms with E-state index in [0.29, 0.717) is 30.4 Å². The van der Waals surface area contributed by atoms with Crippen LogP contribution in [0.1, 0.15) is 22.5 Å². The van der Waals surface area contributed by atoms with Crippen molar-refractivity contribution in [2.45, 2.75) is 19.2 Å². The summed E-state index contributed by atoms with van der Waals surface area (Å²) >= 11 is 0. The van der Waals surface area contributed by atoms with E-state index in [2.05, 4.69) is 15.0 Å². The van der Waals surface area contributed by atoms with Gasteiger partial charge >= 0.3 is 12.8 Å². The van der Waals surface area contributed by atoms with Crippen LogP contribution in [-0.2, 0) is 18.0 Å².